The maximum absolute atomic E-state index is 13.1. The number of nitrogens with two attached hydrogens (primary N) is 1. The molecule has 6 N–H and O–H groups in total. The molecular formula is C32H32Cl2F6N4O10S3. The maximum atomic E-state index is 13.1. The van der Waals surface area contributed by atoms with Crippen LogP contribution in [0.4, 0.5) is 26.3 Å². The van der Waals surface area contributed by atoms with Crippen LogP contribution in [-0.4, -0.2) is 103 Å². The summed E-state index contributed by atoms with van der Waals surface area (Å²) in [6.07, 6.45) is -9.17. The Morgan fingerprint density at radius 3 is 2.18 bits per heavy atom. The average Bonchev–Trinajstić information content (AvgIpc) is 3.11. The molecule has 2 amide bonds. The highest BCUT2D eigenvalue weighted by atomic mass is 35.5. The smallest absolute Gasteiger partial charge is 0.490 e. The first-order chi connectivity index (χ1) is 26.4. The summed E-state index contributed by atoms with van der Waals surface area (Å²) in [7, 11) is 0. The summed E-state index contributed by atoms with van der Waals surface area (Å²) in [5, 5.41) is 38.3. The zero-order valence-electron chi connectivity index (χ0n) is 29.1. The molecule has 2 atom stereocenters. The van der Waals surface area contributed by atoms with Gasteiger partial charge in [0.25, 0.3) is 5.91 Å². The lowest BCUT2D eigenvalue weighted by molar-refractivity contribution is -0.710. The van der Waals surface area contributed by atoms with Gasteiger partial charge in [-0.05, 0) is 30.3 Å². The molecule has 3 heterocycles. The fraction of sp³-hybridized carbons (Fsp3) is 0.406. The number of hydrogen-bond acceptors (Lipinski definition) is 11. The van der Waals surface area contributed by atoms with E-state index in [4.69, 9.17) is 48.7 Å². The number of aryl methyl sites for hydroxylation is 2. The molecule has 14 nitrogen and oxygen atoms in total. The molecule has 4 rings (SSSR count). The van der Waals surface area contributed by atoms with Gasteiger partial charge in [0.15, 0.2) is 11.4 Å². The van der Waals surface area contributed by atoms with Crippen molar-refractivity contribution in [1.82, 2.24) is 10.2 Å². The number of aliphatic carboxylic acids is 4. The molecule has 57 heavy (non-hydrogen) atoms. The van der Waals surface area contributed by atoms with Crippen molar-refractivity contribution in [2.24, 2.45) is 5.73 Å². The van der Waals surface area contributed by atoms with Crippen LogP contribution in [0.25, 0.3) is 0 Å². The normalized spacial score (nSPS) is 16.2. The van der Waals surface area contributed by atoms with Gasteiger partial charge in [0.2, 0.25) is 5.91 Å². The number of alkyl halides is 6. The van der Waals surface area contributed by atoms with Gasteiger partial charge in [-0.3, -0.25) is 19.3 Å². The fourth-order valence-electron chi connectivity index (χ4n) is 4.80. The van der Waals surface area contributed by atoms with Crippen LogP contribution in [0.15, 0.2) is 51.4 Å². The van der Waals surface area contributed by atoms with E-state index >= 15 is 0 Å². The number of pyridine rings is 1. The van der Waals surface area contributed by atoms with Crippen molar-refractivity contribution < 1.29 is 80.1 Å². The lowest BCUT2D eigenvalue weighted by atomic mass is 10.0. The van der Waals surface area contributed by atoms with Crippen LogP contribution >= 0.6 is 58.5 Å². The molecule has 0 radical (unpaired) electrons. The minimum absolute atomic E-state index is 0.00958. The molecule has 1 aromatic heterocycles. The highest BCUT2D eigenvalue weighted by Crippen LogP contribution is 2.42. The molecule has 0 saturated carbocycles. The van der Waals surface area contributed by atoms with Crippen molar-refractivity contribution >= 4 is 94.2 Å². The van der Waals surface area contributed by atoms with Gasteiger partial charge in [-0.25, -0.2) is 9.59 Å². The number of thioether (sulfide) groups is 3. The van der Waals surface area contributed by atoms with Gasteiger partial charge in [-0.1, -0.05) is 23.2 Å². The Morgan fingerprint density at radius 2 is 1.65 bits per heavy atom. The van der Waals surface area contributed by atoms with E-state index < -0.39 is 53.6 Å². The molecule has 0 spiro atoms. The Hall–Kier alpha value is -3.90. The van der Waals surface area contributed by atoms with Crippen molar-refractivity contribution in [2.75, 3.05) is 23.8 Å². The SMILES string of the molecule is Cc1cc(SCC2=C(C(=O)O)N3C(=O)[C@@H](NC(=O)CSc4cc(Cl)ccc4Cl)[C@H]3SC2)cc(CCC(=O)O)[n+]1CCCN.O=C(O)C(F)(F)F.O=C([O-])C(F)(F)F. The first-order valence-corrected chi connectivity index (χ1v) is 19.6. The van der Waals surface area contributed by atoms with Crippen LogP contribution in [0.3, 0.4) is 0 Å². The number of rotatable bonds is 14. The Labute approximate surface area is 342 Å². The van der Waals surface area contributed by atoms with Gasteiger partial charge in [0.1, 0.15) is 29.6 Å². The van der Waals surface area contributed by atoms with E-state index in [2.05, 4.69) is 9.88 Å². The number of nitrogens with zero attached hydrogens (tertiary/aromatic N) is 2. The van der Waals surface area contributed by atoms with E-state index in [0.29, 0.717) is 51.5 Å². The number of halogens is 8. The summed E-state index contributed by atoms with van der Waals surface area (Å²) in [6.45, 7) is 3.14. The zero-order chi connectivity index (χ0) is 43.4. The second-order valence-corrected chi connectivity index (χ2v) is 15.5. The van der Waals surface area contributed by atoms with Crippen molar-refractivity contribution in [3.05, 3.63) is 63.0 Å². The quantitative estimate of drug-likeness (QED) is 0.0791. The monoisotopic (exact) mass is 912 g/mol. The molecule has 1 aromatic carbocycles. The number of nitrogens with one attached hydrogen (secondary N) is 1. The molecule has 0 aliphatic carbocycles. The number of amides is 2. The van der Waals surface area contributed by atoms with E-state index in [0.717, 1.165) is 22.7 Å². The topological polar surface area (TPSA) is 231 Å². The Morgan fingerprint density at radius 1 is 1.04 bits per heavy atom. The summed E-state index contributed by atoms with van der Waals surface area (Å²) in [5.41, 5.74) is 8.06. The summed E-state index contributed by atoms with van der Waals surface area (Å²) in [5.74, 6) is -7.95. The highest BCUT2D eigenvalue weighted by molar-refractivity contribution is 8.01. The number of β-lactam (4-membered cyclic amide) rings is 1. The van der Waals surface area contributed by atoms with Crippen LogP contribution < -0.4 is 20.7 Å². The van der Waals surface area contributed by atoms with Crippen LogP contribution in [0.1, 0.15) is 24.2 Å². The van der Waals surface area contributed by atoms with Crippen LogP contribution in [-0.2, 0) is 41.7 Å². The van der Waals surface area contributed by atoms with Crippen LogP contribution in [0.5, 0.6) is 0 Å². The molecule has 314 valence electrons. The van der Waals surface area contributed by atoms with Gasteiger partial charge < -0.3 is 36.3 Å². The van der Waals surface area contributed by atoms with Crippen molar-refractivity contribution in [1.29, 1.82) is 0 Å². The Kier molecular flexibility index (Phi) is 18.8. The highest BCUT2D eigenvalue weighted by Gasteiger charge is 2.54. The molecule has 1 fully saturated rings. The predicted molar refractivity (Wildman–Crippen MR) is 193 cm³/mol. The first kappa shape index (κ1) is 49.2. The Bertz CT molecular complexity index is 1860. The van der Waals surface area contributed by atoms with Crippen molar-refractivity contribution in [2.45, 2.75) is 66.3 Å². The second-order valence-electron chi connectivity index (χ2n) is 11.5. The summed E-state index contributed by atoms with van der Waals surface area (Å²) in [4.78, 5) is 69.7. The molecule has 2 aliphatic heterocycles. The van der Waals surface area contributed by atoms with Crippen molar-refractivity contribution in [3.63, 3.8) is 0 Å². The van der Waals surface area contributed by atoms with E-state index in [9.17, 15) is 55.7 Å². The third kappa shape index (κ3) is 15.1. The van der Waals surface area contributed by atoms with E-state index in [-0.39, 0.29) is 23.8 Å². The van der Waals surface area contributed by atoms with Gasteiger partial charge >= 0.3 is 30.3 Å². The van der Waals surface area contributed by atoms with Gasteiger partial charge in [-0.15, -0.1) is 35.3 Å². The van der Waals surface area contributed by atoms with Crippen LogP contribution in [0, 0.1) is 6.92 Å². The van der Waals surface area contributed by atoms with E-state index in [1.165, 1.54) is 40.2 Å². The standard InChI is InChI=1S/C28H30Cl2N4O6S3.2C2HF3O2/c1-15-9-19(11-18(4-6-23(36)37)33(15)8-2-7-31)41-12-16-13-43-27-24(26(38)34(27)25(16)28(39)40)32-22(35)14-42-21-10-17(29)3-5-20(21)30;2*3-2(4,5)1(6)7/h3,5,9-11,24,27H,2,4,6-8,12-14,31H2,1H3,(H2-,32,35,36,37,39,40);2*(H,6,7)/t24-,27-;;/m1../s1. The third-order valence-corrected chi connectivity index (χ3v) is 11.5. The summed E-state index contributed by atoms with van der Waals surface area (Å²) >= 11 is 16.2. The number of carboxylic acid groups (broad SMARTS) is 4. The Balaban J connectivity index is 0.000000682. The first-order valence-electron chi connectivity index (χ1n) is 15.8. The predicted octanol–water partition coefficient (Wildman–Crippen LogP) is 3.51. The lowest BCUT2D eigenvalue weighted by Gasteiger charge is -2.49. The van der Waals surface area contributed by atoms with E-state index in [1.54, 1.807) is 18.2 Å². The molecule has 25 heteroatoms. The molecule has 1 saturated heterocycles. The maximum Gasteiger partial charge on any atom is 0.490 e. The third-order valence-electron chi connectivity index (χ3n) is 7.32. The number of carboxylic acids is 4. The molecular weight excluding hydrogens is 881 g/mol. The van der Waals surface area contributed by atoms with Crippen LogP contribution in [0.2, 0.25) is 10.0 Å². The second kappa shape index (κ2) is 21.7. The number of aromatic nitrogens is 1. The number of carbonyl (C=O) groups excluding carboxylic acids is 3. The largest absolute Gasteiger partial charge is 0.542 e. The number of benzene rings is 1. The molecule has 2 aliphatic rings. The van der Waals surface area contributed by atoms with Gasteiger partial charge in [0, 0.05) is 58.2 Å². The fourth-order valence-corrected chi connectivity index (χ4v) is 8.63. The van der Waals surface area contributed by atoms with Gasteiger partial charge in [0.05, 0.1) is 17.2 Å². The van der Waals surface area contributed by atoms with Gasteiger partial charge in [-0.2, -0.15) is 30.9 Å². The van der Waals surface area contributed by atoms with E-state index in [1.807, 2.05) is 19.1 Å². The molecule has 0 bridgehead atoms. The average molecular weight is 914 g/mol. The minimum Gasteiger partial charge on any atom is -0.542 e. The number of hydrogen-bond donors (Lipinski definition) is 5. The summed E-state index contributed by atoms with van der Waals surface area (Å²) in [6, 6.07) is 8.05. The number of carbonyl (C=O) groups is 6. The molecule has 2 aromatic rings. The minimum atomic E-state index is -5.19. The number of fused-ring (bicyclic) bond motifs is 1. The molecule has 0 unspecified atom stereocenters. The summed E-state index contributed by atoms with van der Waals surface area (Å²) < 4.78 is 65.4. The van der Waals surface area contributed by atoms with Crippen molar-refractivity contribution in [3.8, 4) is 0 Å². The lowest BCUT2D eigenvalue weighted by Crippen LogP contribution is -2.70. The zero-order valence-corrected chi connectivity index (χ0v) is 33.1.